The lowest BCUT2D eigenvalue weighted by Crippen LogP contribution is -2.32. The molecule has 114 valence electrons. The van der Waals surface area contributed by atoms with Gasteiger partial charge in [0.1, 0.15) is 0 Å². The summed E-state index contributed by atoms with van der Waals surface area (Å²) in [6.45, 7) is 4.62. The quantitative estimate of drug-likeness (QED) is 0.849. The normalized spacial score (nSPS) is 21.0. The molecule has 5 heteroatoms. The zero-order valence-corrected chi connectivity index (χ0v) is 13.5. The Bertz CT molecular complexity index is 490. The SMILES string of the molecule is CCC(C)NC(=O)CCN=C1NC(c2ccccc2)CS1. The highest BCUT2D eigenvalue weighted by atomic mass is 32.2. The summed E-state index contributed by atoms with van der Waals surface area (Å²) >= 11 is 1.72. The number of amidine groups is 1. The van der Waals surface area contributed by atoms with Crippen molar-refractivity contribution < 1.29 is 4.79 Å². The number of carbonyl (C=O) groups excluding carboxylic acids is 1. The Morgan fingerprint density at radius 3 is 2.95 bits per heavy atom. The number of rotatable bonds is 6. The Hall–Kier alpha value is -1.49. The Morgan fingerprint density at radius 2 is 2.24 bits per heavy atom. The van der Waals surface area contributed by atoms with Gasteiger partial charge in [0.2, 0.25) is 5.91 Å². The number of amides is 1. The molecule has 1 fully saturated rings. The van der Waals surface area contributed by atoms with Crippen LogP contribution in [-0.4, -0.2) is 29.4 Å². The first-order valence-corrected chi connectivity index (χ1v) is 8.45. The van der Waals surface area contributed by atoms with E-state index in [1.165, 1.54) is 5.56 Å². The van der Waals surface area contributed by atoms with Gasteiger partial charge in [-0.05, 0) is 18.9 Å². The molecular formula is C16H23N3OS. The average molecular weight is 305 g/mol. The summed E-state index contributed by atoms with van der Waals surface area (Å²) in [6.07, 6.45) is 1.41. The van der Waals surface area contributed by atoms with Crippen LogP contribution in [0.15, 0.2) is 35.3 Å². The van der Waals surface area contributed by atoms with E-state index in [-0.39, 0.29) is 11.9 Å². The molecule has 2 N–H and O–H groups in total. The molecule has 1 aliphatic heterocycles. The zero-order chi connectivity index (χ0) is 15.1. The number of hydrogen-bond donors (Lipinski definition) is 2. The van der Waals surface area contributed by atoms with Gasteiger partial charge in [0.25, 0.3) is 0 Å². The van der Waals surface area contributed by atoms with Crippen LogP contribution in [0, 0.1) is 0 Å². The van der Waals surface area contributed by atoms with Gasteiger partial charge < -0.3 is 10.6 Å². The first-order valence-electron chi connectivity index (χ1n) is 7.47. The molecule has 2 atom stereocenters. The number of thioether (sulfide) groups is 1. The molecule has 4 nitrogen and oxygen atoms in total. The summed E-state index contributed by atoms with van der Waals surface area (Å²) in [4.78, 5) is 16.1. The van der Waals surface area contributed by atoms with Crippen LogP contribution in [-0.2, 0) is 4.79 Å². The molecule has 1 amide bonds. The molecule has 1 aromatic carbocycles. The number of benzene rings is 1. The lowest BCUT2D eigenvalue weighted by atomic mass is 10.1. The van der Waals surface area contributed by atoms with E-state index in [1.807, 2.05) is 13.0 Å². The summed E-state index contributed by atoms with van der Waals surface area (Å²) in [5.74, 6) is 1.07. The molecule has 0 spiro atoms. The molecule has 0 saturated carbocycles. The molecule has 1 aromatic rings. The van der Waals surface area contributed by atoms with Crippen molar-refractivity contribution in [2.24, 2.45) is 4.99 Å². The first-order chi connectivity index (χ1) is 10.2. The second kappa shape index (κ2) is 8.08. The van der Waals surface area contributed by atoms with Crippen LogP contribution in [0.2, 0.25) is 0 Å². The maximum absolute atomic E-state index is 11.7. The second-order valence-corrected chi connectivity index (χ2v) is 6.24. The summed E-state index contributed by atoms with van der Waals surface area (Å²) in [6, 6.07) is 10.9. The Balaban J connectivity index is 1.75. The van der Waals surface area contributed by atoms with Crippen LogP contribution < -0.4 is 10.6 Å². The van der Waals surface area contributed by atoms with Crippen molar-refractivity contribution in [3.63, 3.8) is 0 Å². The fraction of sp³-hybridized carbons (Fsp3) is 0.500. The van der Waals surface area contributed by atoms with Gasteiger partial charge in [-0.1, -0.05) is 49.0 Å². The standard InChI is InChI=1S/C16H23N3OS/c1-3-12(2)18-15(20)9-10-17-16-19-14(11-21-16)13-7-5-4-6-8-13/h4-8,12,14H,3,9-11H2,1-2H3,(H,17,19)(H,18,20). The summed E-state index contributed by atoms with van der Waals surface area (Å²) in [5.41, 5.74) is 1.28. The third-order valence-corrected chi connectivity index (χ3v) is 4.52. The zero-order valence-electron chi connectivity index (χ0n) is 12.6. The molecule has 1 saturated heterocycles. The second-order valence-electron chi connectivity index (χ2n) is 5.23. The topological polar surface area (TPSA) is 53.5 Å². The van der Waals surface area contributed by atoms with Crippen LogP contribution in [0.1, 0.15) is 38.3 Å². The van der Waals surface area contributed by atoms with Crippen LogP contribution in [0.25, 0.3) is 0 Å². The predicted molar refractivity (Wildman–Crippen MR) is 89.6 cm³/mol. The fourth-order valence-electron chi connectivity index (χ4n) is 2.06. The molecule has 0 bridgehead atoms. The highest BCUT2D eigenvalue weighted by Gasteiger charge is 2.21. The fourth-order valence-corrected chi connectivity index (χ4v) is 3.07. The summed E-state index contributed by atoms with van der Waals surface area (Å²) in [5, 5.41) is 7.31. The molecule has 0 aromatic heterocycles. The van der Waals surface area contributed by atoms with E-state index in [2.05, 4.69) is 46.8 Å². The average Bonchev–Trinajstić information content (AvgIpc) is 2.97. The van der Waals surface area contributed by atoms with Gasteiger partial charge in [-0.3, -0.25) is 9.79 Å². The highest BCUT2D eigenvalue weighted by molar-refractivity contribution is 8.14. The van der Waals surface area contributed by atoms with Crippen molar-refractivity contribution in [2.75, 3.05) is 12.3 Å². The maximum atomic E-state index is 11.7. The third-order valence-electron chi connectivity index (χ3n) is 3.50. The van der Waals surface area contributed by atoms with Crippen molar-refractivity contribution in [1.82, 2.24) is 10.6 Å². The minimum absolute atomic E-state index is 0.0799. The van der Waals surface area contributed by atoms with Gasteiger partial charge in [0, 0.05) is 18.2 Å². The predicted octanol–water partition coefficient (Wildman–Crippen LogP) is 2.72. The van der Waals surface area contributed by atoms with Crippen molar-refractivity contribution in [2.45, 2.75) is 38.8 Å². The van der Waals surface area contributed by atoms with E-state index in [9.17, 15) is 4.79 Å². The molecule has 1 aliphatic rings. The molecule has 0 aliphatic carbocycles. The lowest BCUT2D eigenvalue weighted by Gasteiger charge is -2.11. The van der Waals surface area contributed by atoms with Crippen LogP contribution in [0.3, 0.4) is 0 Å². The minimum atomic E-state index is 0.0799. The van der Waals surface area contributed by atoms with Crippen molar-refractivity contribution >= 4 is 22.8 Å². The molecule has 2 rings (SSSR count). The number of aliphatic imine (C=N–C) groups is 1. The summed E-state index contributed by atoms with van der Waals surface area (Å²) < 4.78 is 0. The van der Waals surface area contributed by atoms with E-state index in [0.717, 1.165) is 17.3 Å². The van der Waals surface area contributed by atoms with Crippen molar-refractivity contribution in [1.29, 1.82) is 0 Å². The Kier molecular flexibility index (Phi) is 6.11. The summed E-state index contributed by atoms with van der Waals surface area (Å²) in [7, 11) is 0. The molecule has 0 radical (unpaired) electrons. The van der Waals surface area contributed by atoms with Gasteiger partial charge in [-0.25, -0.2) is 0 Å². The lowest BCUT2D eigenvalue weighted by molar-refractivity contribution is -0.121. The number of nitrogens with zero attached hydrogens (tertiary/aromatic N) is 1. The molecule has 21 heavy (non-hydrogen) atoms. The number of carbonyl (C=O) groups is 1. The van der Waals surface area contributed by atoms with Crippen molar-refractivity contribution in [3.05, 3.63) is 35.9 Å². The van der Waals surface area contributed by atoms with E-state index >= 15 is 0 Å². The first kappa shape index (κ1) is 15.9. The van der Waals surface area contributed by atoms with Crippen molar-refractivity contribution in [3.8, 4) is 0 Å². The van der Waals surface area contributed by atoms with Gasteiger partial charge >= 0.3 is 0 Å². The monoisotopic (exact) mass is 305 g/mol. The van der Waals surface area contributed by atoms with Gasteiger partial charge in [0.05, 0.1) is 12.6 Å². The van der Waals surface area contributed by atoms with Crippen LogP contribution in [0.4, 0.5) is 0 Å². The van der Waals surface area contributed by atoms with Gasteiger partial charge in [0.15, 0.2) is 5.17 Å². The van der Waals surface area contributed by atoms with Gasteiger partial charge in [-0.15, -0.1) is 0 Å². The molecule has 2 unspecified atom stereocenters. The minimum Gasteiger partial charge on any atom is -0.357 e. The molecular weight excluding hydrogens is 282 g/mol. The number of nitrogens with one attached hydrogen (secondary N) is 2. The Morgan fingerprint density at radius 1 is 1.48 bits per heavy atom. The molecule has 1 heterocycles. The Labute approximate surface area is 130 Å². The highest BCUT2D eigenvalue weighted by Crippen LogP contribution is 2.25. The van der Waals surface area contributed by atoms with E-state index < -0.39 is 0 Å². The third kappa shape index (κ3) is 5.08. The van der Waals surface area contributed by atoms with E-state index in [1.54, 1.807) is 11.8 Å². The number of hydrogen-bond acceptors (Lipinski definition) is 3. The smallest absolute Gasteiger partial charge is 0.222 e. The van der Waals surface area contributed by atoms with E-state index in [0.29, 0.717) is 19.0 Å². The van der Waals surface area contributed by atoms with E-state index in [4.69, 9.17) is 0 Å². The van der Waals surface area contributed by atoms with Gasteiger partial charge in [-0.2, -0.15) is 0 Å². The van der Waals surface area contributed by atoms with Crippen LogP contribution in [0.5, 0.6) is 0 Å². The maximum Gasteiger partial charge on any atom is 0.222 e. The largest absolute Gasteiger partial charge is 0.357 e. The van der Waals surface area contributed by atoms with Crippen LogP contribution >= 0.6 is 11.8 Å².